The van der Waals surface area contributed by atoms with Gasteiger partial charge in [-0.2, -0.15) is 0 Å². The fourth-order valence-corrected chi connectivity index (χ4v) is 0.102. The highest BCUT2D eigenvalue weighted by molar-refractivity contribution is 5.60. The summed E-state index contributed by atoms with van der Waals surface area (Å²) in [6.07, 6.45) is 0.114. The van der Waals surface area contributed by atoms with E-state index in [2.05, 4.69) is 23.2 Å². The molecule has 39 valence electrons. The van der Waals surface area contributed by atoms with Crippen LogP contribution in [0.4, 0.5) is 4.79 Å². The second-order valence-electron chi connectivity index (χ2n) is 0.679. The van der Waals surface area contributed by atoms with Gasteiger partial charge in [0, 0.05) is 0 Å². The molecule has 0 saturated heterocycles. The van der Waals surface area contributed by atoms with Crippen molar-refractivity contribution in [3.8, 4) is 0 Å². The lowest BCUT2D eigenvalue weighted by Gasteiger charge is -1.90. The molecule has 0 aromatic carbocycles. The van der Waals surface area contributed by atoms with Crippen molar-refractivity contribution < 1.29 is 14.3 Å². The Morgan fingerprint density at radius 3 is 2.43 bits per heavy atom. The number of hydrogen-bond donors (Lipinski definition) is 0. The summed E-state index contributed by atoms with van der Waals surface area (Å²) in [5, 5.41) is 0. The SMILES string of the molecule is [CH2]OC(=O)OC=C. The lowest BCUT2D eigenvalue weighted by molar-refractivity contribution is 0.118. The first kappa shape index (κ1) is 6.01. The third kappa shape index (κ3) is 2.82. The van der Waals surface area contributed by atoms with Crippen LogP contribution in [0.1, 0.15) is 0 Å². The molecular weight excluding hydrogens is 96.0 g/mol. The van der Waals surface area contributed by atoms with Crippen LogP contribution in [0.25, 0.3) is 0 Å². The minimum absolute atomic E-state index is 0.852. The smallest absolute Gasteiger partial charge is 0.430 e. The standard InChI is InChI=1S/C4H5O3/c1-3-7-4(5)6-2/h3H,1-2H2. The predicted octanol–water partition coefficient (Wildman–Crippen LogP) is 1.07. The zero-order valence-corrected chi connectivity index (χ0v) is 3.72. The molecule has 0 fully saturated rings. The fraction of sp³-hybridized carbons (Fsp3) is 0. The normalized spacial score (nSPS) is 7.00. The highest BCUT2D eigenvalue weighted by Gasteiger charge is 1.91. The first-order valence-electron chi connectivity index (χ1n) is 1.54. The monoisotopic (exact) mass is 101 g/mol. The van der Waals surface area contributed by atoms with E-state index in [9.17, 15) is 4.79 Å². The molecule has 0 aliphatic heterocycles. The molecule has 0 heterocycles. The zero-order chi connectivity index (χ0) is 5.70. The lowest BCUT2D eigenvalue weighted by Crippen LogP contribution is -1.95. The van der Waals surface area contributed by atoms with E-state index in [1.807, 2.05) is 0 Å². The Kier molecular flexibility index (Phi) is 2.76. The summed E-state index contributed by atoms with van der Waals surface area (Å²) in [5.74, 6) is 0. The van der Waals surface area contributed by atoms with Crippen LogP contribution in [0.5, 0.6) is 0 Å². The van der Waals surface area contributed by atoms with Gasteiger partial charge in [0.25, 0.3) is 0 Å². The number of rotatable bonds is 1. The molecule has 0 N–H and O–H groups in total. The highest BCUT2D eigenvalue weighted by Crippen LogP contribution is 1.79. The molecule has 0 aliphatic rings. The second-order valence-corrected chi connectivity index (χ2v) is 0.679. The van der Waals surface area contributed by atoms with Crippen LogP contribution in [-0.2, 0) is 9.47 Å². The topological polar surface area (TPSA) is 35.5 Å². The van der Waals surface area contributed by atoms with Crippen molar-refractivity contribution in [3.63, 3.8) is 0 Å². The molecule has 0 spiro atoms. The number of hydrogen-bond acceptors (Lipinski definition) is 3. The molecule has 3 heteroatoms. The summed E-state index contributed by atoms with van der Waals surface area (Å²) >= 11 is 0. The van der Waals surface area contributed by atoms with E-state index < -0.39 is 6.16 Å². The van der Waals surface area contributed by atoms with Crippen molar-refractivity contribution in [3.05, 3.63) is 20.0 Å². The van der Waals surface area contributed by atoms with Crippen molar-refractivity contribution in [1.29, 1.82) is 0 Å². The van der Waals surface area contributed by atoms with Crippen LogP contribution in [0, 0.1) is 7.11 Å². The van der Waals surface area contributed by atoms with Gasteiger partial charge in [-0.1, -0.05) is 6.58 Å². The molecule has 0 rings (SSSR count). The minimum Gasteiger partial charge on any atom is -0.430 e. The van der Waals surface area contributed by atoms with Gasteiger partial charge in [0.15, 0.2) is 0 Å². The average molecular weight is 101 g/mol. The molecule has 0 saturated carbocycles. The molecule has 0 atom stereocenters. The Bertz CT molecular complexity index is 77.0. The van der Waals surface area contributed by atoms with E-state index in [-0.39, 0.29) is 0 Å². The molecule has 0 aromatic rings. The van der Waals surface area contributed by atoms with Gasteiger partial charge in [0.05, 0.1) is 6.26 Å². The molecule has 1 radical (unpaired) electrons. The van der Waals surface area contributed by atoms with E-state index in [0.29, 0.717) is 0 Å². The molecule has 0 unspecified atom stereocenters. The van der Waals surface area contributed by atoms with Gasteiger partial charge in [0.2, 0.25) is 0 Å². The summed E-state index contributed by atoms with van der Waals surface area (Å²) in [5.41, 5.74) is 0. The Morgan fingerprint density at radius 2 is 2.29 bits per heavy atom. The van der Waals surface area contributed by atoms with E-state index >= 15 is 0 Å². The Balaban J connectivity index is 3.17. The van der Waals surface area contributed by atoms with E-state index in [1.54, 1.807) is 0 Å². The van der Waals surface area contributed by atoms with Gasteiger partial charge in [-0.25, -0.2) is 4.79 Å². The maximum absolute atomic E-state index is 9.83. The Hall–Kier alpha value is -0.990. The molecule has 0 aromatic heterocycles. The average Bonchev–Trinajstić information content (AvgIpc) is 1.68. The number of carbonyl (C=O) groups is 1. The predicted molar refractivity (Wildman–Crippen MR) is 23.1 cm³/mol. The van der Waals surface area contributed by atoms with Gasteiger partial charge < -0.3 is 9.47 Å². The van der Waals surface area contributed by atoms with E-state index in [4.69, 9.17) is 0 Å². The van der Waals surface area contributed by atoms with Crippen molar-refractivity contribution in [2.75, 3.05) is 0 Å². The lowest BCUT2D eigenvalue weighted by atomic mass is 11.1. The van der Waals surface area contributed by atoms with Crippen LogP contribution in [-0.4, -0.2) is 6.16 Å². The molecule has 0 bridgehead atoms. The number of carbonyl (C=O) groups excluding carboxylic acids is 1. The van der Waals surface area contributed by atoms with Crippen LogP contribution < -0.4 is 0 Å². The second kappa shape index (κ2) is 3.21. The summed E-state index contributed by atoms with van der Waals surface area (Å²) in [6.45, 7) is 3.10. The molecule has 3 nitrogen and oxygen atoms in total. The van der Waals surface area contributed by atoms with Crippen LogP contribution >= 0.6 is 0 Å². The maximum Gasteiger partial charge on any atom is 0.513 e. The van der Waals surface area contributed by atoms with E-state index in [0.717, 1.165) is 6.26 Å². The quantitative estimate of drug-likeness (QED) is 0.366. The maximum atomic E-state index is 9.83. The largest absolute Gasteiger partial charge is 0.513 e. The molecule has 0 aliphatic carbocycles. The first-order chi connectivity index (χ1) is 3.31. The number of ether oxygens (including phenoxy) is 2. The van der Waals surface area contributed by atoms with Gasteiger partial charge in [-0.05, 0) is 0 Å². The fourth-order valence-electron chi connectivity index (χ4n) is 0.102. The highest BCUT2D eigenvalue weighted by atomic mass is 16.7. The van der Waals surface area contributed by atoms with Gasteiger partial charge in [-0.15, -0.1) is 0 Å². The molecule has 7 heavy (non-hydrogen) atoms. The van der Waals surface area contributed by atoms with Crippen molar-refractivity contribution >= 4 is 6.16 Å². The minimum atomic E-state index is -0.852. The summed E-state index contributed by atoms with van der Waals surface area (Å²) in [6, 6.07) is 0. The third-order valence-corrected chi connectivity index (χ3v) is 0.297. The Labute approximate surface area is 41.5 Å². The van der Waals surface area contributed by atoms with Crippen LogP contribution in [0.3, 0.4) is 0 Å². The summed E-state index contributed by atoms with van der Waals surface area (Å²) in [4.78, 5) is 9.83. The molecular formula is C4H5O3. The zero-order valence-electron chi connectivity index (χ0n) is 3.72. The van der Waals surface area contributed by atoms with Gasteiger partial charge in [0.1, 0.15) is 7.11 Å². The Morgan fingerprint density at radius 1 is 1.71 bits per heavy atom. The first-order valence-corrected chi connectivity index (χ1v) is 1.54. The third-order valence-electron chi connectivity index (χ3n) is 0.297. The van der Waals surface area contributed by atoms with Gasteiger partial charge in [-0.3, -0.25) is 0 Å². The van der Waals surface area contributed by atoms with Crippen LogP contribution in [0.15, 0.2) is 12.8 Å². The summed E-state index contributed by atoms with van der Waals surface area (Å²) in [7, 11) is 2.78. The molecule has 0 amide bonds. The van der Waals surface area contributed by atoms with E-state index in [1.165, 1.54) is 0 Å². The van der Waals surface area contributed by atoms with Crippen molar-refractivity contribution in [2.24, 2.45) is 0 Å². The van der Waals surface area contributed by atoms with Crippen molar-refractivity contribution in [1.82, 2.24) is 0 Å². The summed E-state index contributed by atoms with van der Waals surface area (Å²) < 4.78 is 7.84. The van der Waals surface area contributed by atoms with Crippen molar-refractivity contribution in [2.45, 2.75) is 0 Å². The van der Waals surface area contributed by atoms with Crippen LogP contribution in [0.2, 0.25) is 0 Å². The van der Waals surface area contributed by atoms with Gasteiger partial charge >= 0.3 is 6.16 Å².